The van der Waals surface area contributed by atoms with Gasteiger partial charge in [0.2, 0.25) is 5.95 Å². The smallest absolute Gasteiger partial charge is 0.234 e. The van der Waals surface area contributed by atoms with Crippen LogP contribution in [0.2, 0.25) is 0 Å². The molecule has 2 aliphatic rings. The first-order valence-corrected chi connectivity index (χ1v) is 14.3. The van der Waals surface area contributed by atoms with E-state index in [4.69, 9.17) is 9.97 Å². The predicted molar refractivity (Wildman–Crippen MR) is 168 cm³/mol. The van der Waals surface area contributed by atoms with Crippen molar-refractivity contribution in [3.05, 3.63) is 138 Å². The SMILES string of the molecule is c1ccc2c(c1)Cc1c-2c2ccccc2c2c3ccccc3n(-c3ncc4c(n3)Cc3cccc5cccc-4c35)c12. The molecular weight excluding hydrogens is 498 g/mol. The van der Waals surface area contributed by atoms with Gasteiger partial charge in [-0.15, -0.1) is 0 Å². The third kappa shape index (κ3) is 2.73. The maximum absolute atomic E-state index is 5.35. The molecule has 0 aliphatic heterocycles. The van der Waals surface area contributed by atoms with Crippen LogP contribution in [0, 0.1) is 0 Å². The van der Waals surface area contributed by atoms with E-state index in [9.17, 15) is 0 Å². The molecule has 2 aromatic heterocycles. The van der Waals surface area contributed by atoms with Crippen molar-refractivity contribution >= 4 is 43.4 Å². The molecule has 0 radical (unpaired) electrons. The second kappa shape index (κ2) is 7.67. The highest BCUT2D eigenvalue weighted by Crippen LogP contribution is 2.49. The van der Waals surface area contributed by atoms with Crippen molar-refractivity contribution in [2.24, 2.45) is 0 Å². The molecule has 0 atom stereocenters. The Kier molecular flexibility index (Phi) is 4.03. The van der Waals surface area contributed by atoms with Gasteiger partial charge < -0.3 is 0 Å². The van der Waals surface area contributed by atoms with Gasteiger partial charge in [-0.3, -0.25) is 4.57 Å². The van der Waals surface area contributed by atoms with E-state index in [0.29, 0.717) is 0 Å². The van der Waals surface area contributed by atoms with Crippen molar-refractivity contribution in [3.63, 3.8) is 0 Å². The molecule has 8 aromatic rings. The van der Waals surface area contributed by atoms with E-state index in [1.165, 1.54) is 71.2 Å². The molecule has 0 bridgehead atoms. The summed E-state index contributed by atoms with van der Waals surface area (Å²) in [5, 5.41) is 7.75. The molecule has 3 nitrogen and oxygen atoms in total. The highest BCUT2D eigenvalue weighted by Gasteiger charge is 2.29. The van der Waals surface area contributed by atoms with Gasteiger partial charge in [0.25, 0.3) is 0 Å². The highest BCUT2D eigenvalue weighted by atomic mass is 15.2. The molecule has 2 heterocycles. The second-order valence-corrected chi connectivity index (χ2v) is 11.3. The highest BCUT2D eigenvalue weighted by molar-refractivity contribution is 6.26. The number of fused-ring (bicyclic) bond motifs is 12. The fraction of sp³-hybridized carbons (Fsp3) is 0.0526. The van der Waals surface area contributed by atoms with Crippen LogP contribution in [0.25, 0.3) is 71.6 Å². The van der Waals surface area contributed by atoms with Crippen LogP contribution in [0.1, 0.15) is 22.4 Å². The van der Waals surface area contributed by atoms with Crippen molar-refractivity contribution in [2.75, 3.05) is 0 Å². The molecule has 0 N–H and O–H groups in total. The van der Waals surface area contributed by atoms with Gasteiger partial charge in [0.05, 0.1) is 16.7 Å². The first kappa shape index (κ1) is 21.5. The Morgan fingerprint density at radius 1 is 0.561 bits per heavy atom. The molecule has 41 heavy (non-hydrogen) atoms. The van der Waals surface area contributed by atoms with E-state index in [1.807, 2.05) is 0 Å². The van der Waals surface area contributed by atoms with Crippen molar-refractivity contribution in [1.29, 1.82) is 0 Å². The first-order valence-electron chi connectivity index (χ1n) is 14.3. The van der Waals surface area contributed by atoms with Gasteiger partial charge >= 0.3 is 0 Å². The fourth-order valence-corrected chi connectivity index (χ4v) is 7.64. The quantitative estimate of drug-likeness (QED) is 0.216. The zero-order chi connectivity index (χ0) is 26.7. The number of para-hydroxylation sites is 1. The van der Waals surface area contributed by atoms with Crippen molar-refractivity contribution in [1.82, 2.24) is 14.5 Å². The lowest BCUT2D eigenvalue weighted by Gasteiger charge is -2.20. The van der Waals surface area contributed by atoms with Gasteiger partial charge in [-0.05, 0) is 61.0 Å². The van der Waals surface area contributed by atoms with E-state index in [-0.39, 0.29) is 0 Å². The average molecular weight is 522 g/mol. The lowest BCUT2D eigenvalue weighted by Crippen LogP contribution is -2.09. The molecule has 0 saturated heterocycles. The monoisotopic (exact) mass is 521 g/mol. The van der Waals surface area contributed by atoms with Crippen LogP contribution in [-0.4, -0.2) is 14.5 Å². The van der Waals surface area contributed by atoms with E-state index in [0.717, 1.165) is 35.6 Å². The summed E-state index contributed by atoms with van der Waals surface area (Å²) in [4.78, 5) is 10.4. The predicted octanol–water partition coefficient (Wildman–Crippen LogP) is 9.02. The summed E-state index contributed by atoms with van der Waals surface area (Å²) in [7, 11) is 0. The van der Waals surface area contributed by atoms with Crippen molar-refractivity contribution in [3.8, 4) is 28.2 Å². The Balaban J connectivity index is 1.33. The summed E-state index contributed by atoms with van der Waals surface area (Å²) in [6, 6.07) is 39.7. The van der Waals surface area contributed by atoms with Gasteiger partial charge in [-0.2, -0.15) is 0 Å². The molecule has 3 heteroatoms. The Hall–Kier alpha value is -5.28. The van der Waals surface area contributed by atoms with Crippen LogP contribution in [-0.2, 0) is 12.8 Å². The van der Waals surface area contributed by atoms with Crippen LogP contribution in [0.4, 0.5) is 0 Å². The molecule has 0 spiro atoms. The third-order valence-electron chi connectivity index (χ3n) is 9.28. The Morgan fingerprint density at radius 2 is 1.29 bits per heavy atom. The maximum atomic E-state index is 5.35. The third-order valence-corrected chi connectivity index (χ3v) is 9.28. The summed E-state index contributed by atoms with van der Waals surface area (Å²) in [6.07, 6.45) is 3.77. The van der Waals surface area contributed by atoms with Gasteiger partial charge in [0.1, 0.15) is 0 Å². The number of nitrogens with zero attached hydrogens (tertiary/aromatic N) is 3. The van der Waals surface area contributed by atoms with Crippen molar-refractivity contribution < 1.29 is 0 Å². The van der Waals surface area contributed by atoms with Crippen molar-refractivity contribution in [2.45, 2.75) is 12.8 Å². The fourth-order valence-electron chi connectivity index (χ4n) is 7.64. The van der Waals surface area contributed by atoms with Gasteiger partial charge in [0.15, 0.2) is 0 Å². The van der Waals surface area contributed by atoms with Gasteiger partial charge in [-0.1, -0.05) is 103 Å². The average Bonchev–Trinajstić information content (AvgIpc) is 3.58. The standard InChI is InChI=1S/C38H23N3/c1-2-13-25-23(9-1)19-30-35(25)26-14-3-4-15-27(26)36-29-16-5-6-18-33(29)41(37(30)36)38-39-21-31-28-17-8-11-22-10-7-12-24(34(22)28)20-32(31)40-38/h1-18,21H,19-20H2. The number of rotatable bonds is 1. The molecule has 0 amide bonds. The normalized spacial score (nSPS) is 13.2. The summed E-state index contributed by atoms with van der Waals surface area (Å²) >= 11 is 0. The molecular formula is C38H23N3. The van der Waals surface area contributed by atoms with Crippen LogP contribution in [0.3, 0.4) is 0 Å². The zero-order valence-corrected chi connectivity index (χ0v) is 22.2. The summed E-state index contributed by atoms with van der Waals surface area (Å²) in [5.74, 6) is 0.745. The number of hydrogen-bond acceptors (Lipinski definition) is 2. The number of hydrogen-bond donors (Lipinski definition) is 0. The summed E-state index contributed by atoms with van der Waals surface area (Å²) < 4.78 is 2.34. The molecule has 10 rings (SSSR count). The van der Waals surface area contributed by atoms with Gasteiger partial charge in [0, 0.05) is 35.4 Å². The molecule has 190 valence electrons. The molecule has 0 saturated carbocycles. The molecule has 0 unspecified atom stereocenters. The zero-order valence-electron chi connectivity index (χ0n) is 22.2. The number of benzene rings is 6. The lowest BCUT2D eigenvalue weighted by molar-refractivity contribution is 0.937. The first-order chi connectivity index (χ1) is 20.3. The topological polar surface area (TPSA) is 30.7 Å². The minimum atomic E-state index is 0.745. The van der Waals surface area contributed by atoms with E-state index in [1.54, 1.807) is 0 Å². The minimum absolute atomic E-state index is 0.745. The van der Waals surface area contributed by atoms with E-state index < -0.39 is 0 Å². The lowest BCUT2D eigenvalue weighted by atomic mass is 9.87. The Labute approximate surface area is 236 Å². The Bertz CT molecular complexity index is 2420. The molecule has 6 aromatic carbocycles. The van der Waals surface area contributed by atoms with Crippen LogP contribution in [0.15, 0.2) is 115 Å². The minimum Gasteiger partial charge on any atom is -0.278 e. The Morgan fingerprint density at radius 3 is 2.22 bits per heavy atom. The van der Waals surface area contributed by atoms with Gasteiger partial charge in [-0.25, -0.2) is 9.97 Å². The maximum Gasteiger partial charge on any atom is 0.234 e. The summed E-state index contributed by atoms with van der Waals surface area (Å²) in [5.41, 5.74) is 12.6. The molecule has 2 aliphatic carbocycles. The summed E-state index contributed by atoms with van der Waals surface area (Å²) in [6.45, 7) is 0. The van der Waals surface area contributed by atoms with E-state index >= 15 is 0 Å². The molecule has 0 fully saturated rings. The number of aromatic nitrogens is 3. The van der Waals surface area contributed by atoms with Crippen LogP contribution in [0.5, 0.6) is 0 Å². The van der Waals surface area contributed by atoms with E-state index in [2.05, 4.69) is 120 Å². The van der Waals surface area contributed by atoms with Crippen LogP contribution < -0.4 is 0 Å². The largest absolute Gasteiger partial charge is 0.278 e. The second-order valence-electron chi connectivity index (χ2n) is 11.3. The van der Waals surface area contributed by atoms with Crippen LogP contribution >= 0.6 is 0 Å².